The second-order valence-corrected chi connectivity index (χ2v) is 4.93. The Morgan fingerprint density at radius 2 is 1.68 bits per heavy atom. The zero-order valence-electron chi connectivity index (χ0n) is 11.5. The van der Waals surface area contributed by atoms with E-state index in [9.17, 15) is 5.11 Å². The van der Waals surface area contributed by atoms with Crippen molar-refractivity contribution >= 4 is 0 Å². The molecular weight excluding hydrogens is 234 g/mol. The second-order valence-electron chi connectivity index (χ2n) is 4.93. The van der Waals surface area contributed by atoms with E-state index >= 15 is 0 Å². The fraction of sp³-hybridized carbons (Fsp3) is 0.294. The molecular formula is C17H21NO. The van der Waals surface area contributed by atoms with Gasteiger partial charge in [0, 0.05) is 12.5 Å². The summed E-state index contributed by atoms with van der Waals surface area (Å²) in [5, 5.41) is 13.5. The maximum Gasteiger partial charge on any atom is 0.0773 e. The lowest BCUT2D eigenvalue weighted by Crippen LogP contribution is -2.30. The molecule has 0 fully saturated rings. The fourth-order valence-electron chi connectivity index (χ4n) is 2.49. The molecule has 19 heavy (non-hydrogen) atoms. The number of aryl methyl sites for hydroxylation is 1. The highest BCUT2D eigenvalue weighted by atomic mass is 16.3. The molecule has 2 N–H and O–H groups in total. The summed E-state index contributed by atoms with van der Waals surface area (Å²) in [5.41, 5.74) is 3.53. The van der Waals surface area contributed by atoms with Crippen LogP contribution in [0.3, 0.4) is 0 Å². The second kappa shape index (κ2) is 6.50. The minimum atomic E-state index is -0.436. The van der Waals surface area contributed by atoms with E-state index < -0.39 is 6.10 Å². The van der Waals surface area contributed by atoms with E-state index in [1.54, 1.807) is 0 Å². The van der Waals surface area contributed by atoms with Gasteiger partial charge in [0.25, 0.3) is 0 Å². The minimum absolute atomic E-state index is 0.00792. The van der Waals surface area contributed by atoms with Gasteiger partial charge in [0.15, 0.2) is 0 Å². The first-order chi connectivity index (χ1) is 9.22. The van der Waals surface area contributed by atoms with E-state index in [2.05, 4.69) is 42.6 Å². The van der Waals surface area contributed by atoms with Gasteiger partial charge in [0.2, 0.25) is 0 Å². The van der Waals surface area contributed by atoms with Gasteiger partial charge in [-0.1, -0.05) is 60.2 Å². The molecule has 0 radical (unpaired) electrons. The molecule has 2 unspecified atom stereocenters. The Labute approximate surface area is 115 Å². The van der Waals surface area contributed by atoms with Crippen molar-refractivity contribution in [2.24, 2.45) is 0 Å². The van der Waals surface area contributed by atoms with Crippen LogP contribution in [0.15, 0.2) is 54.6 Å². The van der Waals surface area contributed by atoms with E-state index in [0.717, 1.165) is 11.1 Å². The van der Waals surface area contributed by atoms with Crippen molar-refractivity contribution in [3.8, 4) is 0 Å². The summed E-state index contributed by atoms with van der Waals surface area (Å²) in [5.74, 6) is 0.00792. The molecule has 100 valence electrons. The molecule has 0 aliphatic heterocycles. The number of rotatable bonds is 5. The molecule has 2 heteroatoms. The summed E-state index contributed by atoms with van der Waals surface area (Å²) in [4.78, 5) is 0. The van der Waals surface area contributed by atoms with Crippen LogP contribution in [0.5, 0.6) is 0 Å². The quantitative estimate of drug-likeness (QED) is 0.861. The summed E-state index contributed by atoms with van der Waals surface area (Å²) in [7, 11) is 1.86. The molecule has 0 aromatic heterocycles. The van der Waals surface area contributed by atoms with E-state index in [4.69, 9.17) is 0 Å². The number of hydrogen-bond acceptors (Lipinski definition) is 2. The Morgan fingerprint density at radius 1 is 1.00 bits per heavy atom. The first kappa shape index (κ1) is 13.8. The first-order valence-electron chi connectivity index (χ1n) is 6.66. The first-order valence-corrected chi connectivity index (χ1v) is 6.66. The molecule has 0 heterocycles. The van der Waals surface area contributed by atoms with Gasteiger partial charge in [0.05, 0.1) is 6.10 Å². The molecule has 2 rings (SSSR count). The summed E-state index contributed by atoms with van der Waals surface area (Å²) in [6, 6.07) is 18.6. The highest BCUT2D eigenvalue weighted by molar-refractivity contribution is 5.35. The molecule has 0 bridgehead atoms. The molecule has 0 spiro atoms. The number of nitrogens with one attached hydrogen (secondary N) is 1. The van der Waals surface area contributed by atoms with Crippen LogP contribution in [0, 0.1) is 6.92 Å². The van der Waals surface area contributed by atoms with Gasteiger partial charge in [-0.15, -0.1) is 0 Å². The maximum absolute atomic E-state index is 10.4. The predicted molar refractivity (Wildman–Crippen MR) is 79.4 cm³/mol. The van der Waals surface area contributed by atoms with Gasteiger partial charge in [-0.05, 0) is 25.1 Å². The Bertz CT molecular complexity index is 510. The predicted octanol–water partition coefficient (Wildman–Crippen LogP) is 2.71. The lowest BCUT2D eigenvalue weighted by atomic mass is 9.86. The average molecular weight is 255 g/mol. The maximum atomic E-state index is 10.4. The Hall–Kier alpha value is -1.64. The third-order valence-corrected chi connectivity index (χ3v) is 3.36. The van der Waals surface area contributed by atoms with Gasteiger partial charge in [-0.2, -0.15) is 0 Å². The van der Waals surface area contributed by atoms with Crippen LogP contribution >= 0.6 is 0 Å². The highest BCUT2D eigenvalue weighted by Crippen LogP contribution is 2.28. The molecule has 0 saturated carbocycles. The third-order valence-electron chi connectivity index (χ3n) is 3.36. The van der Waals surface area contributed by atoms with Gasteiger partial charge in [0.1, 0.15) is 0 Å². The van der Waals surface area contributed by atoms with Crippen molar-refractivity contribution < 1.29 is 5.11 Å². The van der Waals surface area contributed by atoms with Crippen LogP contribution in [0.2, 0.25) is 0 Å². The lowest BCUT2D eigenvalue weighted by Gasteiger charge is -2.24. The number of benzene rings is 2. The summed E-state index contributed by atoms with van der Waals surface area (Å²) < 4.78 is 0. The zero-order chi connectivity index (χ0) is 13.7. The topological polar surface area (TPSA) is 32.3 Å². The molecule has 0 saturated heterocycles. The van der Waals surface area contributed by atoms with E-state index in [1.807, 2.05) is 31.3 Å². The van der Waals surface area contributed by atoms with Crippen molar-refractivity contribution in [1.82, 2.24) is 5.32 Å². The molecule has 2 aromatic carbocycles. The number of aliphatic hydroxyl groups excluding tert-OH is 1. The molecule has 0 amide bonds. The summed E-state index contributed by atoms with van der Waals surface area (Å²) in [6.07, 6.45) is -0.436. The molecule has 2 atom stereocenters. The third kappa shape index (κ3) is 3.43. The molecule has 2 nitrogen and oxygen atoms in total. The van der Waals surface area contributed by atoms with E-state index in [1.165, 1.54) is 5.56 Å². The number of aliphatic hydroxyl groups is 1. The minimum Gasteiger partial charge on any atom is -0.391 e. The monoisotopic (exact) mass is 255 g/mol. The SMILES string of the molecule is CNCC(O)C(c1ccccc1)c1cccc(C)c1. The standard InChI is InChI=1S/C17H21NO/c1-13-7-6-10-15(11-13)17(16(19)12-18-2)14-8-4-3-5-9-14/h3-11,16-19H,12H2,1-2H3. The van der Waals surface area contributed by atoms with Crippen molar-refractivity contribution in [1.29, 1.82) is 0 Å². The normalized spacial score (nSPS) is 14.1. The van der Waals surface area contributed by atoms with Crippen LogP contribution < -0.4 is 5.32 Å². The Morgan fingerprint density at radius 3 is 2.32 bits per heavy atom. The zero-order valence-corrected chi connectivity index (χ0v) is 11.5. The number of likely N-dealkylation sites (N-methyl/N-ethyl adjacent to an activating group) is 1. The summed E-state index contributed by atoms with van der Waals surface area (Å²) >= 11 is 0. The van der Waals surface area contributed by atoms with E-state index in [-0.39, 0.29) is 5.92 Å². The van der Waals surface area contributed by atoms with E-state index in [0.29, 0.717) is 6.54 Å². The Balaban J connectivity index is 2.40. The van der Waals surface area contributed by atoms with Crippen molar-refractivity contribution in [2.45, 2.75) is 18.9 Å². The largest absolute Gasteiger partial charge is 0.391 e. The van der Waals surface area contributed by atoms with Crippen molar-refractivity contribution in [2.75, 3.05) is 13.6 Å². The van der Waals surface area contributed by atoms with Gasteiger partial charge < -0.3 is 10.4 Å². The van der Waals surface area contributed by atoms with Gasteiger partial charge >= 0.3 is 0 Å². The Kier molecular flexibility index (Phi) is 4.72. The molecule has 0 aliphatic carbocycles. The van der Waals surface area contributed by atoms with Gasteiger partial charge in [-0.3, -0.25) is 0 Å². The van der Waals surface area contributed by atoms with Crippen LogP contribution in [-0.2, 0) is 0 Å². The molecule has 2 aromatic rings. The van der Waals surface area contributed by atoms with Crippen LogP contribution in [0.4, 0.5) is 0 Å². The van der Waals surface area contributed by atoms with Crippen LogP contribution in [0.1, 0.15) is 22.6 Å². The smallest absolute Gasteiger partial charge is 0.0773 e. The lowest BCUT2D eigenvalue weighted by molar-refractivity contribution is 0.156. The number of hydrogen-bond donors (Lipinski definition) is 2. The fourth-order valence-corrected chi connectivity index (χ4v) is 2.49. The molecule has 0 aliphatic rings. The van der Waals surface area contributed by atoms with Crippen LogP contribution in [0.25, 0.3) is 0 Å². The van der Waals surface area contributed by atoms with Gasteiger partial charge in [-0.25, -0.2) is 0 Å². The average Bonchev–Trinajstić information content (AvgIpc) is 2.40. The van der Waals surface area contributed by atoms with Crippen LogP contribution in [-0.4, -0.2) is 24.8 Å². The summed E-state index contributed by atoms with van der Waals surface area (Å²) in [6.45, 7) is 2.66. The van der Waals surface area contributed by atoms with Crippen molar-refractivity contribution in [3.63, 3.8) is 0 Å². The van der Waals surface area contributed by atoms with Crippen molar-refractivity contribution in [3.05, 3.63) is 71.3 Å². The highest BCUT2D eigenvalue weighted by Gasteiger charge is 2.22.